The van der Waals surface area contributed by atoms with Gasteiger partial charge in [-0.05, 0) is 50.4 Å². The van der Waals surface area contributed by atoms with Crippen LogP contribution in [0.15, 0.2) is 15.8 Å². The third-order valence-corrected chi connectivity index (χ3v) is 5.92. The highest BCUT2D eigenvalue weighted by Crippen LogP contribution is 2.61. The Morgan fingerprint density at radius 3 is 2.48 bits per heavy atom. The minimum atomic E-state index is -1.13. The molecule has 7 nitrogen and oxygen atoms in total. The maximum absolute atomic E-state index is 12.4. The minimum Gasteiger partial charge on any atom is -0.480 e. The summed E-state index contributed by atoms with van der Waals surface area (Å²) in [6.45, 7) is -0.476. The molecule has 4 aliphatic carbocycles. The number of nitrogens with zero attached hydrogens (tertiary/aromatic N) is 1. The normalized spacial score (nSPS) is 38.0. The van der Waals surface area contributed by atoms with Crippen molar-refractivity contribution in [2.24, 2.45) is 11.8 Å². The highest BCUT2D eigenvalue weighted by Gasteiger charge is 2.58. The van der Waals surface area contributed by atoms with E-state index in [1.54, 1.807) is 0 Å². The number of aliphatic carboxylic acids is 1. The third-order valence-electron chi connectivity index (χ3n) is 5.92. The van der Waals surface area contributed by atoms with Crippen LogP contribution in [-0.2, 0) is 16.8 Å². The van der Waals surface area contributed by atoms with E-state index in [0.29, 0.717) is 23.8 Å². The molecule has 0 radical (unpaired) electrons. The van der Waals surface area contributed by atoms with Crippen molar-refractivity contribution in [3.05, 3.63) is 32.6 Å². The second-order valence-corrected chi connectivity index (χ2v) is 7.79. The summed E-state index contributed by atoms with van der Waals surface area (Å²) in [7, 11) is 0. The van der Waals surface area contributed by atoms with E-state index in [1.165, 1.54) is 6.20 Å². The molecule has 1 heterocycles. The van der Waals surface area contributed by atoms with Gasteiger partial charge in [0.1, 0.15) is 6.54 Å². The zero-order chi connectivity index (χ0) is 16.4. The molecule has 4 bridgehead atoms. The fraction of sp³-hybridized carbons (Fsp3) is 0.688. The van der Waals surface area contributed by atoms with E-state index in [9.17, 15) is 19.5 Å². The fourth-order valence-electron chi connectivity index (χ4n) is 5.68. The van der Waals surface area contributed by atoms with Crippen molar-refractivity contribution in [1.82, 2.24) is 9.55 Å². The molecule has 0 aliphatic heterocycles. The molecule has 4 atom stereocenters. The predicted octanol–water partition coefficient (Wildman–Crippen LogP) is 0.204. The molecule has 0 amide bonds. The van der Waals surface area contributed by atoms with Gasteiger partial charge in [0, 0.05) is 17.2 Å². The largest absolute Gasteiger partial charge is 0.480 e. The zero-order valence-electron chi connectivity index (χ0n) is 12.7. The van der Waals surface area contributed by atoms with Crippen LogP contribution >= 0.6 is 0 Å². The highest BCUT2D eigenvalue weighted by atomic mass is 16.4. The van der Waals surface area contributed by atoms with Crippen LogP contribution in [0.3, 0.4) is 0 Å². The molecule has 1 aromatic rings. The standard InChI is InChI=1S/C16H20N2O5/c19-12(20)7-18-6-11(13(21)17-14(18)22)15-2-9-1-10(3-15)5-16(23,4-9)8-15/h6,9-10,23H,1-5,7-8H2,(H,19,20)(H,17,21,22)/t9-,10+,15?,16?. The summed E-state index contributed by atoms with van der Waals surface area (Å²) in [4.78, 5) is 37.4. The Labute approximate surface area is 132 Å². The molecule has 0 saturated heterocycles. The SMILES string of the molecule is O=C(O)Cn1cc(C23C[C@@H]4C[C@@H](CC(O)(C4)C2)C3)c(=O)[nH]c1=O. The van der Waals surface area contributed by atoms with Crippen LogP contribution in [0.1, 0.15) is 44.1 Å². The Morgan fingerprint density at radius 1 is 1.26 bits per heavy atom. The lowest BCUT2D eigenvalue weighted by molar-refractivity contribution is -0.139. The predicted molar refractivity (Wildman–Crippen MR) is 80.3 cm³/mol. The van der Waals surface area contributed by atoms with Crippen molar-refractivity contribution in [1.29, 1.82) is 0 Å². The number of nitrogens with one attached hydrogen (secondary N) is 1. The number of carbonyl (C=O) groups is 1. The van der Waals surface area contributed by atoms with E-state index in [1.807, 2.05) is 0 Å². The van der Waals surface area contributed by atoms with Crippen molar-refractivity contribution >= 4 is 5.97 Å². The van der Waals surface area contributed by atoms with Crippen LogP contribution in [0.5, 0.6) is 0 Å². The Morgan fingerprint density at radius 2 is 1.91 bits per heavy atom. The molecule has 23 heavy (non-hydrogen) atoms. The zero-order valence-corrected chi connectivity index (χ0v) is 12.7. The summed E-state index contributed by atoms with van der Waals surface area (Å²) in [5.41, 5.74) is -1.83. The van der Waals surface area contributed by atoms with E-state index >= 15 is 0 Å². The summed E-state index contributed by atoms with van der Waals surface area (Å²) >= 11 is 0. The second kappa shape index (κ2) is 4.56. The molecule has 0 spiro atoms. The molecular weight excluding hydrogens is 300 g/mol. The van der Waals surface area contributed by atoms with Gasteiger partial charge in [0.05, 0.1) is 5.60 Å². The number of aliphatic hydroxyl groups is 1. The lowest BCUT2D eigenvalue weighted by Crippen LogP contribution is -2.59. The Hall–Kier alpha value is -1.89. The fourth-order valence-corrected chi connectivity index (χ4v) is 5.68. The van der Waals surface area contributed by atoms with Gasteiger partial charge in [-0.25, -0.2) is 4.79 Å². The smallest absolute Gasteiger partial charge is 0.328 e. The molecule has 2 unspecified atom stereocenters. The van der Waals surface area contributed by atoms with E-state index in [2.05, 4.69) is 4.98 Å². The van der Waals surface area contributed by atoms with Gasteiger partial charge in [-0.3, -0.25) is 19.1 Å². The highest BCUT2D eigenvalue weighted by molar-refractivity contribution is 5.66. The van der Waals surface area contributed by atoms with Crippen LogP contribution < -0.4 is 11.2 Å². The molecule has 1 aromatic heterocycles. The van der Waals surface area contributed by atoms with Crippen molar-refractivity contribution in [2.75, 3.05) is 0 Å². The van der Waals surface area contributed by atoms with Gasteiger partial charge < -0.3 is 10.2 Å². The molecule has 124 valence electrons. The lowest BCUT2D eigenvalue weighted by Gasteiger charge is -2.60. The van der Waals surface area contributed by atoms with Gasteiger partial charge in [0.25, 0.3) is 5.56 Å². The summed E-state index contributed by atoms with van der Waals surface area (Å²) < 4.78 is 1.04. The summed E-state index contributed by atoms with van der Waals surface area (Å²) in [6, 6.07) is 0. The van der Waals surface area contributed by atoms with Gasteiger partial charge in [-0.2, -0.15) is 0 Å². The average molecular weight is 320 g/mol. The average Bonchev–Trinajstić information content (AvgIpc) is 2.38. The maximum Gasteiger partial charge on any atom is 0.328 e. The van der Waals surface area contributed by atoms with Crippen molar-refractivity contribution < 1.29 is 15.0 Å². The van der Waals surface area contributed by atoms with Gasteiger partial charge in [0.15, 0.2) is 0 Å². The Kier molecular flexibility index (Phi) is 2.91. The first-order chi connectivity index (χ1) is 10.8. The van der Waals surface area contributed by atoms with E-state index in [0.717, 1.165) is 36.7 Å². The molecule has 5 rings (SSSR count). The number of rotatable bonds is 3. The number of carboxylic acid groups (broad SMARTS) is 1. The number of carboxylic acids is 1. The Balaban J connectivity index is 1.83. The van der Waals surface area contributed by atoms with Gasteiger partial charge >= 0.3 is 11.7 Å². The van der Waals surface area contributed by atoms with Crippen LogP contribution in [0.2, 0.25) is 0 Å². The van der Waals surface area contributed by atoms with Crippen LogP contribution in [0.4, 0.5) is 0 Å². The van der Waals surface area contributed by atoms with E-state index < -0.39 is 34.8 Å². The molecular formula is C16H20N2O5. The monoisotopic (exact) mass is 320 g/mol. The van der Waals surface area contributed by atoms with Crippen LogP contribution in [0, 0.1) is 11.8 Å². The first kappa shape index (κ1) is 14.7. The quantitative estimate of drug-likeness (QED) is 0.736. The summed E-state index contributed by atoms with van der Waals surface area (Å²) in [6.07, 6.45) is 6.28. The summed E-state index contributed by atoms with van der Waals surface area (Å²) in [5.74, 6) is -0.324. The van der Waals surface area contributed by atoms with Gasteiger partial charge in [0.2, 0.25) is 0 Å². The molecule has 7 heteroatoms. The van der Waals surface area contributed by atoms with Crippen LogP contribution in [0.25, 0.3) is 0 Å². The Bertz CT molecular complexity index is 778. The third kappa shape index (κ3) is 2.25. The number of H-pyrrole nitrogens is 1. The molecule has 3 N–H and O–H groups in total. The molecule has 0 aromatic carbocycles. The molecule has 4 saturated carbocycles. The molecule has 4 aliphatic rings. The van der Waals surface area contributed by atoms with E-state index in [4.69, 9.17) is 5.11 Å². The number of aromatic amines is 1. The molecule has 4 fully saturated rings. The number of hydrogen-bond acceptors (Lipinski definition) is 4. The van der Waals surface area contributed by atoms with Crippen LogP contribution in [-0.4, -0.2) is 31.3 Å². The van der Waals surface area contributed by atoms with Crippen molar-refractivity contribution in [2.45, 2.75) is 56.1 Å². The number of hydrogen-bond donors (Lipinski definition) is 3. The topological polar surface area (TPSA) is 112 Å². The summed E-state index contributed by atoms with van der Waals surface area (Å²) in [5, 5.41) is 19.7. The number of aromatic nitrogens is 2. The lowest BCUT2D eigenvalue weighted by atomic mass is 9.46. The second-order valence-electron chi connectivity index (χ2n) is 7.79. The maximum atomic E-state index is 12.4. The van der Waals surface area contributed by atoms with Crippen molar-refractivity contribution in [3.8, 4) is 0 Å². The first-order valence-corrected chi connectivity index (χ1v) is 8.07. The van der Waals surface area contributed by atoms with Gasteiger partial charge in [-0.1, -0.05) is 0 Å². The van der Waals surface area contributed by atoms with Gasteiger partial charge in [-0.15, -0.1) is 0 Å². The van der Waals surface area contributed by atoms with E-state index in [-0.39, 0.29) is 0 Å². The first-order valence-electron chi connectivity index (χ1n) is 8.07. The van der Waals surface area contributed by atoms with Crippen molar-refractivity contribution in [3.63, 3.8) is 0 Å². The minimum absolute atomic E-state index is 0.403.